The Balaban J connectivity index is 1.47. The van der Waals surface area contributed by atoms with Crippen molar-refractivity contribution in [1.29, 1.82) is 0 Å². The van der Waals surface area contributed by atoms with E-state index in [1.54, 1.807) is 0 Å². The van der Waals surface area contributed by atoms with Gasteiger partial charge in [0.1, 0.15) is 5.92 Å². The first-order chi connectivity index (χ1) is 18.8. The monoisotopic (exact) mass is 540 g/mol. The number of carbonyl (C=O) groups excluding carboxylic acids is 2. The number of hydrogen-bond acceptors (Lipinski definition) is 5. The van der Waals surface area contributed by atoms with E-state index in [9.17, 15) is 9.59 Å². The van der Waals surface area contributed by atoms with Crippen LogP contribution >= 0.6 is 11.6 Å². The van der Waals surface area contributed by atoms with E-state index in [-0.39, 0.29) is 24.3 Å². The molecule has 5 rings (SSSR count). The van der Waals surface area contributed by atoms with Gasteiger partial charge < -0.3 is 9.64 Å². The Hall–Kier alpha value is -3.70. The molecule has 39 heavy (non-hydrogen) atoms. The summed E-state index contributed by atoms with van der Waals surface area (Å²) < 4.78 is 5.81. The van der Waals surface area contributed by atoms with E-state index in [2.05, 4.69) is 0 Å². The molecule has 3 aromatic carbocycles. The summed E-state index contributed by atoms with van der Waals surface area (Å²) in [6.45, 7) is 2.15. The number of ketones is 1. The molecule has 0 N–H and O–H groups in total. The quantitative estimate of drug-likeness (QED) is 0.310. The molecule has 1 heterocycles. The third-order valence-electron chi connectivity index (χ3n) is 7.73. The lowest BCUT2D eigenvalue weighted by atomic mass is 9.69. The molecule has 0 amide bonds. The molecule has 0 fully saturated rings. The summed E-state index contributed by atoms with van der Waals surface area (Å²) in [4.78, 5) is 34.3. The highest BCUT2D eigenvalue weighted by Crippen LogP contribution is 2.47. The minimum Gasteiger partial charge on any atom is -0.465 e. The number of hydrogen-bond donors (Lipinski definition) is 0. The van der Waals surface area contributed by atoms with Crippen molar-refractivity contribution in [2.75, 3.05) is 25.6 Å². The number of benzene rings is 3. The first kappa shape index (κ1) is 26.9. The summed E-state index contributed by atoms with van der Waals surface area (Å²) in [5.74, 6) is -1.36. The minimum atomic E-state index is -0.652. The van der Waals surface area contributed by atoms with Gasteiger partial charge in [-0.1, -0.05) is 66.2 Å². The van der Waals surface area contributed by atoms with Crippen LogP contribution in [0.25, 0.3) is 0 Å². The molecule has 1 aliphatic heterocycles. The molecule has 6 heteroatoms. The molecule has 0 aromatic heterocycles. The molecule has 0 spiro atoms. The number of aliphatic imine (C=N–C) groups is 1. The second-order valence-electron chi connectivity index (χ2n) is 10.5. The molecule has 0 bridgehead atoms. The van der Waals surface area contributed by atoms with E-state index < -0.39 is 11.8 Å². The van der Waals surface area contributed by atoms with Crippen LogP contribution in [-0.4, -0.2) is 38.2 Å². The molecule has 0 saturated heterocycles. The topological polar surface area (TPSA) is 59.0 Å². The first-order valence-electron chi connectivity index (χ1n) is 13.4. The summed E-state index contributed by atoms with van der Waals surface area (Å²) in [5.41, 5.74) is 6.26. The number of carbonyl (C=O) groups is 2. The van der Waals surface area contributed by atoms with Gasteiger partial charge in [-0.3, -0.25) is 14.6 Å². The maximum absolute atomic E-state index is 13.8. The predicted octanol–water partition coefficient (Wildman–Crippen LogP) is 6.77. The third kappa shape index (κ3) is 5.84. The Labute approximate surface area is 235 Å². The number of ether oxygens (including phenoxy) is 1. The lowest BCUT2D eigenvalue weighted by Gasteiger charge is -2.36. The molecule has 0 saturated carbocycles. The van der Waals surface area contributed by atoms with Crippen molar-refractivity contribution in [3.05, 3.63) is 112 Å². The van der Waals surface area contributed by atoms with Gasteiger partial charge >= 0.3 is 5.97 Å². The summed E-state index contributed by atoms with van der Waals surface area (Å²) in [6.07, 6.45) is 1.65. The van der Waals surface area contributed by atoms with E-state index in [0.29, 0.717) is 35.6 Å². The summed E-state index contributed by atoms with van der Waals surface area (Å²) in [6, 6.07) is 25.7. The summed E-state index contributed by atoms with van der Waals surface area (Å²) in [5, 5.41) is 0.669. The van der Waals surface area contributed by atoms with Crippen LogP contribution in [0.1, 0.15) is 48.3 Å². The van der Waals surface area contributed by atoms with Gasteiger partial charge in [0, 0.05) is 60.5 Å². The van der Waals surface area contributed by atoms with Gasteiger partial charge in [0.05, 0.1) is 6.61 Å². The smallest absolute Gasteiger partial charge is 0.315 e. The highest BCUT2D eigenvalue weighted by Gasteiger charge is 2.44. The van der Waals surface area contributed by atoms with Gasteiger partial charge in [-0.25, -0.2) is 0 Å². The SMILES string of the molecule is CC1=NC2=C(C(=O)C[C@@H](c3ccc(Cl)cc3)C2)[C@H](c2ccc(N(C)C)cc2)C1C(=O)OCCc1ccccc1. The normalized spacial score (nSPS) is 20.8. The van der Waals surface area contributed by atoms with Crippen molar-refractivity contribution in [3.8, 4) is 0 Å². The van der Waals surface area contributed by atoms with Gasteiger partial charge in [-0.2, -0.15) is 0 Å². The standard InChI is InChI=1S/C33H33ClN2O3/c1-21-30(33(38)39-18-17-22-7-5-4-6-8-22)31(24-11-15-27(16-12-24)36(2)3)32-28(35-21)19-25(20-29(32)37)23-9-13-26(34)14-10-23/h4-16,25,30-31H,17-20H2,1-3H3/t25-,30?,31+/m0/s1. The van der Waals surface area contributed by atoms with Crippen molar-refractivity contribution in [2.24, 2.45) is 10.9 Å². The average molecular weight is 541 g/mol. The zero-order chi connectivity index (χ0) is 27.5. The van der Waals surface area contributed by atoms with Gasteiger partial charge in [0.15, 0.2) is 5.78 Å². The Morgan fingerprint density at radius 1 is 0.949 bits per heavy atom. The van der Waals surface area contributed by atoms with Crippen molar-refractivity contribution in [1.82, 2.24) is 0 Å². The molecular formula is C33H33ClN2O3. The van der Waals surface area contributed by atoms with Gasteiger partial charge in [-0.15, -0.1) is 0 Å². The van der Waals surface area contributed by atoms with Gasteiger partial charge in [-0.05, 0) is 60.2 Å². The predicted molar refractivity (Wildman–Crippen MR) is 157 cm³/mol. The third-order valence-corrected chi connectivity index (χ3v) is 7.98. The summed E-state index contributed by atoms with van der Waals surface area (Å²) in [7, 11) is 3.98. The fraction of sp³-hybridized carbons (Fsp3) is 0.303. The average Bonchev–Trinajstić information content (AvgIpc) is 2.93. The lowest BCUT2D eigenvalue weighted by Crippen LogP contribution is -2.38. The Morgan fingerprint density at radius 2 is 1.62 bits per heavy atom. The highest BCUT2D eigenvalue weighted by molar-refractivity contribution is 6.30. The second kappa shape index (κ2) is 11.6. The van der Waals surface area contributed by atoms with Crippen LogP contribution in [0.2, 0.25) is 5.02 Å². The Morgan fingerprint density at radius 3 is 2.28 bits per heavy atom. The van der Waals surface area contributed by atoms with Crippen LogP contribution in [0.5, 0.6) is 0 Å². The fourth-order valence-corrected chi connectivity index (χ4v) is 5.81. The van der Waals surface area contributed by atoms with Crippen LogP contribution in [0, 0.1) is 5.92 Å². The first-order valence-corrected chi connectivity index (χ1v) is 13.7. The second-order valence-corrected chi connectivity index (χ2v) is 11.0. The molecule has 2 aliphatic rings. The van der Waals surface area contributed by atoms with Crippen LogP contribution < -0.4 is 4.90 Å². The molecule has 0 radical (unpaired) electrons. The van der Waals surface area contributed by atoms with E-state index in [1.807, 2.05) is 105 Å². The Kier molecular flexibility index (Phi) is 7.99. The lowest BCUT2D eigenvalue weighted by molar-refractivity contribution is -0.146. The molecule has 1 unspecified atom stereocenters. The zero-order valence-corrected chi connectivity index (χ0v) is 23.3. The molecule has 1 aliphatic carbocycles. The van der Waals surface area contributed by atoms with Crippen molar-refractivity contribution >= 4 is 34.8 Å². The molecule has 3 atom stereocenters. The maximum atomic E-state index is 13.8. The van der Waals surface area contributed by atoms with Crippen molar-refractivity contribution in [2.45, 2.75) is 38.0 Å². The van der Waals surface area contributed by atoms with Crippen LogP contribution in [0.3, 0.4) is 0 Å². The Bertz CT molecular complexity index is 1410. The fourth-order valence-electron chi connectivity index (χ4n) is 5.68. The highest BCUT2D eigenvalue weighted by atomic mass is 35.5. The molecule has 5 nitrogen and oxygen atoms in total. The van der Waals surface area contributed by atoms with Crippen molar-refractivity contribution in [3.63, 3.8) is 0 Å². The zero-order valence-electron chi connectivity index (χ0n) is 22.6. The molecular weight excluding hydrogens is 508 g/mol. The van der Waals surface area contributed by atoms with E-state index in [4.69, 9.17) is 21.3 Å². The number of allylic oxidation sites excluding steroid dienone is 2. The number of anilines is 1. The van der Waals surface area contributed by atoms with Gasteiger partial charge in [0.2, 0.25) is 0 Å². The molecule has 3 aromatic rings. The number of esters is 1. The number of halogens is 1. The van der Waals surface area contributed by atoms with Crippen LogP contribution in [-0.2, 0) is 20.7 Å². The van der Waals surface area contributed by atoms with Crippen LogP contribution in [0.4, 0.5) is 5.69 Å². The number of rotatable bonds is 7. The van der Waals surface area contributed by atoms with E-state index >= 15 is 0 Å². The maximum Gasteiger partial charge on any atom is 0.315 e. The van der Waals surface area contributed by atoms with E-state index in [0.717, 1.165) is 28.1 Å². The number of nitrogens with zero attached hydrogens (tertiary/aromatic N) is 2. The summed E-state index contributed by atoms with van der Waals surface area (Å²) >= 11 is 6.10. The van der Waals surface area contributed by atoms with Crippen molar-refractivity contribution < 1.29 is 14.3 Å². The van der Waals surface area contributed by atoms with Gasteiger partial charge in [0.25, 0.3) is 0 Å². The van der Waals surface area contributed by atoms with E-state index in [1.165, 1.54) is 0 Å². The number of Topliss-reactive ketones (excluding diaryl/α,β-unsaturated/α-hetero) is 1. The minimum absolute atomic E-state index is 0.0243. The largest absolute Gasteiger partial charge is 0.465 e. The van der Waals surface area contributed by atoms with Crippen LogP contribution in [0.15, 0.2) is 95.1 Å². The molecule has 200 valence electrons.